The number of aliphatic hydroxyl groups is 1. The molecule has 1 spiro atoms. The van der Waals surface area contributed by atoms with Crippen molar-refractivity contribution < 1.29 is 9.90 Å². The molecule has 0 aromatic heterocycles. The molecule has 2 bridgehead atoms. The number of benzene rings is 1. The fourth-order valence-corrected chi connectivity index (χ4v) is 8.58. The lowest BCUT2D eigenvalue weighted by Gasteiger charge is -2.64. The molecule has 5 rings (SSSR count). The van der Waals surface area contributed by atoms with Crippen molar-refractivity contribution in [1.82, 2.24) is 5.32 Å². The zero-order valence-corrected chi connectivity index (χ0v) is 19.5. The van der Waals surface area contributed by atoms with Crippen LogP contribution in [0.15, 0.2) is 36.4 Å². The highest BCUT2D eigenvalue weighted by Crippen LogP contribution is 2.71. The molecule has 0 unspecified atom stereocenters. The van der Waals surface area contributed by atoms with E-state index in [2.05, 4.69) is 31.1 Å². The van der Waals surface area contributed by atoms with Crippen molar-refractivity contribution in [2.45, 2.75) is 82.8 Å². The van der Waals surface area contributed by atoms with Gasteiger partial charge in [0.15, 0.2) is 0 Å². The van der Waals surface area contributed by atoms with Gasteiger partial charge in [0, 0.05) is 16.2 Å². The van der Waals surface area contributed by atoms with E-state index in [0.29, 0.717) is 16.9 Å². The van der Waals surface area contributed by atoms with E-state index in [1.807, 2.05) is 12.1 Å². The predicted molar refractivity (Wildman–Crippen MR) is 125 cm³/mol. The van der Waals surface area contributed by atoms with Crippen molar-refractivity contribution in [1.29, 1.82) is 0 Å². The van der Waals surface area contributed by atoms with E-state index in [4.69, 9.17) is 11.6 Å². The highest BCUT2D eigenvalue weighted by molar-refractivity contribution is 6.30. The van der Waals surface area contributed by atoms with Gasteiger partial charge < -0.3 is 15.7 Å². The Hall–Kier alpha value is -1.52. The van der Waals surface area contributed by atoms with Crippen LogP contribution in [0.4, 0.5) is 10.5 Å². The molecule has 31 heavy (non-hydrogen) atoms. The number of urea groups is 1. The number of hydrogen-bond acceptors (Lipinski definition) is 2. The van der Waals surface area contributed by atoms with Crippen molar-refractivity contribution in [3.05, 3.63) is 41.4 Å². The lowest BCUT2D eigenvalue weighted by Crippen LogP contribution is -2.65. The molecule has 0 heterocycles. The SMILES string of the molecule is C=C1C[C@@]23CC[C@H]4[C@@](C)(CCC[C@@]4(C)NC(=O)Nc4ccc(Cl)cc4)[C@@H]2CC[C@]1(O)C3. The van der Waals surface area contributed by atoms with Crippen LogP contribution in [0, 0.1) is 22.7 Å². The molecule has 0 aliphatic heterocycles. The van der Waals surface area contributed by atoms with Gasteiger partial charge in [0.05, 0.1) is 5.60 Å². The summed E-state index contributed by atoms with van der Waals surface area (Å²) in [5.41, 5.74) is 1.35. The zero-order chi connectivity index (χ0) is 22.1. The standard InChI is InChI=1S/C26H35ClN2O2/c1-17-15-25-13-9-20-23(2,21(25)10-14-26(17,31)16-25)11-4-12-24(20,3)29-22(30)28-19-7-5-18(27)6-8-19/h5-8,20-21,31H,1,4,9-16H2,2-3H3,(H2,28,29,30)/t20-,21-,23+,24+,25+,26-/m0/s1. The maximum absolute atomic E-state index is 12.9. The number of carbonyl (C=O) groups is 1. The van der Waals surface area contributed by atoms with Crippen molar-refractivity contribution in [3.8, 4) is 0 Å². The molecule has 2 amide bonds. The average Bonchev–Trinajstić information content (AvgIpc) is 2.87. The second kappa shape index (κ2) is 6.99. The zero-order valence-electron chi connectivity index (χ0n) is 18.8. The topological polar surface area (TPSA) is 61.4 Å². The van der Waals surface area contributed by atoms with Gasteiger partial charge >= 0.3 is 6.03 Å². The number of anilines is 1. The van der Waals surface area contributed by atoms with E-state index in [0.717, 1.165) is 62.6 Å². The Morgan fingerprint density at radius 3 is 2.55 bits per heavy atom. The van der Waals surface area contributed by atoms with E-state index >= 15 is 0 Å². The second-order valence-corrected chi connectivity index (χ2v) is 11.8. The molecule has 1 aromatic rings. The van der Waals surface area contributed by atoms with Crippen LogP contribution in [0.25, 0.3) is 0 Å². The maximum Gasteiger partial charge on any atom is 0.319 e. The quantitative estimate of drug-likeness (QED) is 0.470. The summed E-state index contributed by atoms with van der Waals surface area (Å²) < 4.78 is 0. The first kappa shape index (κ1) is 21.3. The first-order chi connectivity index (χ1) is 14.6. The number of amides is 2. The van der Waals surface area contributed by atoms with E-state index < -0.39 is 5.60 Å². The van der Waals surface area contributed by atoms with Crippen molar-refractivity contribution in [2.24, 2.45) is 22.7 Å². The minimum Gasteiger partial charge on any atom is -0.386 e. The Morgan fingerprint density at radius 2 is 1.81 bits per heavy atom. The summed E-state index contributed by atoms with van der Waals surface area (Å²) in [6.07, 6.45) is 9.40. The van der Waals surface area contributed by atoms with Crippen molar-refractivity contribution >= 4 is 23.3 Å². The lowest BCUT2D eigenvalue weighted by atomic mass is 9.42. The summed E-state index contributed by atoms with van der Waals surface area (Å²) in [6, 6.07) is 7.10. The largest absolute Gasteiger partial charge is 0.386 e. The Labute approximate surface area is 190 Å². The van der Waals surface area contributed by atoms with E-state index in [1.165, 1.54) is 6.42 Å². The Bertz CT molecular complexity index is 916. The Kier molecular flexibility index (Phi) is 4.81. The molecule has 3 N–H and O–H groups in total. The highest BCUT2D eigenvalue weighted by atomic mass is 35.5. The molecular weight excluding hydrogens is 408 g/mol. The highest BCUT2D eigenvalue weighted by Gasteiger charge is 2.66. The average molecular weight is 443 g/mol. The van der Waals surface area contributed by atoms with Gasteiger partial charge in [-0.1, -0.05) is 31.5 Å². The smallest absolute Gasteiger partial charge is 0.319 e. The summed E-state index contributed by atoms with van der Waals surface area (Å²) in [6.45, 7) is 9.00. The molecule has 168 valence electrons. The van der Waals surface area contributed by atoms with Crippen LogP contribution in [-0.2, 0) is 0 Å². The maximum atomic E-state index is 12.9. The molecule has 4 aliphatic rings. The van der Waals surface area contributed by atoms with Crippen molar-refractivity contribution in [2.75, 3.05) is 5.32 Å². The fraction of sp³-hybridized carbons (Fsp3) is 0.654. The summed E-state index contributed by atoms with van der Waals surface area (Å²) in [5.74, 6) is 1.04. The molecule has 4 saturated carbocycles. The minimum absolute atomic E-state index is 0.137. The van der Waals surface area contributed by atoms with Gasteiger partial charge in [-0.3, -0.25) is 0 Å². The third-order valence-electron chi connectivity index (χ3n) is 9.66. The summed E-state index contributed by atoms with van der Waals surface area (Å²) in [5, 5.41) is 18.1. The fourth-order valence-electron chi connectivity index (χ4n) is 8.45. The molecule has 4 fully saturated rings. The molecule has 0 saturated heterocycles. The summed E-state index contributed by atoms with van der Waals surface area (Å²) in [4.78, 5) is 12.9. The minimum atomic E-state index is -0.631. The molecule has 0 radical (unpaired) electrons. The number of fused-ring (bicyclic) bond motifs is 3. The third kappa shape index (κ3) is 3.24. The van der Waals surface area contributed by atoms with Gasteiger partial charge in [0.25, 0.3) is 0 Å². The Balaban J connectivity index is 1.37. The molecule has 5 heteroatoms. The van der Waals surface area contributed by atoms with Crippen molar-refractivity contribution in [3.63, 3.8) is 0 Å². The molecule has 4 nitrogen and oxygen atoms in total. The number of nitrogens with one attached hydrogen (secondary N) is 2. The third-order valence-corrected chi connectivity index (χ3v) is 9.91. The van der Waals surface area contributed by atoms with Crippen LogP contribution in [0.1, 0.15) is 71.6 Å². The second-order valence-electron chi connectivity index (χ2n) is 11.4. The normalized spacial score (nSPS) is 43.7. The lowest BCUT2D eigenvalue weighted by molar-refractivity contribution is -0.148. The van der Waals surface area contributed by atoms with Gasteiger partial charge in [0.2, 0.25) is 0 Å². The predicted octanol–water partition coefficient (Wildman–Crippen LogP) is 6.30. The number of halogens is 1. The van der Waals surface area contributed by atoms with E-state index in [1.54, 1.807) is 12.1 Å². The van der Waals surface area contributed by atoms with Crippen LogP contribution in [-0.4, -0.2) is 22.3 Å². The Morgan fingerprint density at radius 1 is 1.10 bits per heavy atom. The van der Waals surface area contributed by atoms with Crippen LogP contribution in [0.2, 0.25) is 5.02 Å². The van der Waals surface area contributed by atoms with Crippen LogP contribution >= 0.6 is 11.6 Å². The van der Waals surface area contributed by atoms with Crippen LogP contribution < -0.4 is 10.6 Å². The van der Waals surface area contributed by atoms with Crippen LogP contribution in [0.5, 0.6) is 0 Å². The first-order valence-electron chi connectivity index (χ1n) is 11.8. The monoisotopic (exact) mass is 442 g/mol. The van der Waals surface area contributed by atoms with Gasteiger partial charge in [-0.15, -0.1) is 0 Å². The van der Waals surface area contributed by atoms with Gasteiger partial charge in [-0.2, -0.15) is 0 Å². The van der Waals surface area contributed by atoms with E-state index in [9.17, 15) is 9.90 Å². The van der Waals surface area contributed by atoms with Gasteiger partial charge in [-0.25, -0.2) is 4.79 Å². The van der Waals surface area contributed by atoms with E-state index in [-0.39, 0.29) is 22.4 Å². The molecule has 4 aliphatic carbocycles. The molecule has 6 atom stereocenters. The number of rotatable bonds is 2. The van der Waals surface area contributed by atoms with Crippen LogP contribution in [0.3, 0.4) is 0 Å². The first-order valence-corrected chi connectivity index (χ1v) is 12.2. The number of carbonyl (C=O) groups excluding carboxylic acids is 1. The summed E-state index contributed by atoms with van der Waals surface area (Å²) >= 11 is 5.97. The van der Waals surface area contributed by atoms with Gasteiger partial charge in [0.1, 0.15) is 0 Å². The molecular formula is C26H35ClN2O2. The molecule has 1 aromatic carbocycles. The number of hydrogen-bond donors (Lipinski definition) is 3. The summed E-state index contributed by atoms with van der Waals surface area (Å²) in [7, 11) is 0. The van der Waals surface area contributed by atoms with Gasteiger partial charge in [-0.05, 0) is 111 Å².